The molecule has 5 aromatic rings. The molecule has 0 aliphatic carbocycles. The summed E-state index contributed by atoms with van der Waals surface area (Å²) in [4.78, 5) is 8.14. The highest BCUT2D eigenvalue weighted by atomic mass is 14.6. The van der Waals surface area contributed by atoms with E-state index in [1.807, 2.05) is 72.8 Å². The summed E-state index contributed by atoms with van der Waals surface area (Å²) in [6.07, 6.45) is 7.21. The van der Waals surface area contributed by atoms with Gasteiger partial charge in [-0.2, -0.15) is 0 Å². The molecule has 158 valence electrons. The van der Waals surface area contributed by atoms with Crippen LogP contribution in [0, 0.1) is 23.7 Å². The molecule has 5 rings (SSSR count). The van der Waals surface area contributed by atoms with Crippen LogP contribution in [0.4, 0.5) is 0 Å². The summed E-state index contributed by atoms with van der Waals surface area (Å²) in [6, 6.07) is 32.6. The van der Waals surface area contributed by atoms with E-state index in [0.29, 0.717) is 0 Å². The maximum absolute atomic E-state index is 4.07. The van der Waals surface area contributed by atoms with Crippen molar-refractivity contribution in [1.82, 2.24) is 9.97 Å². The molecule has 0 bridgehead atoms. The predicted octanol–water partition coefficient (Wildman–Crippen LogP) is 6.61. The predicted molar refractivity (Wildman–Crippen MR) is 138 cm³/mol. The molecule has 0 atom stereocenters. The maximum Gasteiger partial charge on any atom is 0.0273 e. The molecular formula is C32H20N2. The molecule has 0 aliphatic heterocycles. The average Bonchev–Trinajstić information content (AvgIpc) is 2.93. The van der Waals surface area contributed by atoms with Crippen molar-refractivity contribution in [2.75, 3.05) is 0 Å². The number of hydrogen-bond acceptors (Lipinski definition) is 2. The highest BCUT2D eigenvalue weighted by Gasteiger charge is 1.98. The van der Waals surface area contributed by atoms with Crippen molar-refractivity contribution in [2.45, 2.75) is 0 Å². The topological polar surface area (TPSA) is 25.8 Å². The number of pyridine rings is 2. The van der Waals surface area contributed by atoms with Crippen LogP contribution in [0.25, 0.3) is 22.3 Å². The minimum Gasteiger partial charge on any atom is -0.265 e. The van der Waals surface area contributed by atoms with Crippen LogP contribution in [-0.4, -0.2) is 9.97 Å². The second-order valence-corrected chi connectivity index (χ2v) is 7.71. The summed E-state index contributed by atoms with van der Waals surface area (Å²) in [6.45, 7) is 0. The Morgan fingerprint density at radius 2 is 0.706 bits per heavy atom. The Bertz CT molecular complexity index is 1400. The zero-order valence-electron chi connectivity index (χ0n) is 18.4. The lowest BCUT2D eigenvalue weighted by molar-refractivity contribution is 1.33. The van der Waals surface area contributed by atoms with Crippen molar-refractivity contribution in [3.63, 3.8) is 0 Å². The van der Waals surface area contributed by atoms with Gasteiger partial charge in [-0.3, -0.25) is 9.97 Å². The van der Waals surface area contributed by atoms with Crippen LogP contribution in [0.3, 0.4) is 0 Å². The third-order valence-electron chi connectivity index (χ3n) is 5.36. The van der Waals surface area contributed by atoms with Gasteiger partial charge in [0, 0.05) is 47.0 Å². The molecule has 34 heavy (non-hydrogen) atoms. The van der Waals surface area contributed by atoms with Crippen LogP contribution in [-0.2, 0) is 0 Å². The molecule has 0 unspecified atom stereocenters. The number of benzene rings is 3. The molecule has 0 radical (unpaired) electrons. The fourth-order valence-electron chi connectivity index (χ4n) is 3.54. The first-order valence-electron chi connectivity index (χ1n) is 11.0. The van der Waals surface area contributed by atoms with Crippen molar-refractivity contribution in [1.29, 1.82) is 0 Å². The van der Waals surface area contributed by atoms with Crippen molar-refractivity contribution in [3.8, 4) is 45.9 Å². The van der Waals surface area contributed by atoms with Gasteiger partial charge >= 0.3 is 0 Å². The van der Waals surface area contributed by atoms with E-state index in [0.717, 1.165) is 44.5 Å². The van der Waals surface area contributed by atoms with Crippen molar-refractivity contribution >= 4 is 0 Å². The third kappa shape index (κ3) is 5.28. The molecular weight excluding hydrogens is 412 g/mol. The SMILES string of the molecule is C(#Cc1cccc(C#Cc2ccc(-c3ccncc3)cc2)c1)c1ccc(-c2ccncc2)cc1. The molecule has 0 amide bonds. The lowest BCUT2D eigenvalue weighted by Crippen LogP contribution is -1.82. The molecule has 2 nitrogen and oxygen atoms in total. The molecule has 0 spiro atoms. The third-order valence-corrected chi connectivity index (χ3v) is 5.36. The fraction of sp³-hybridized carbons (Fsp3) is 0. The highest BCUT2D eigenvalue weighted by Crippen LogP contribution is 2.19. The Kier molecular flexibility index (Phi) is 6.24. The zero-order valence-corrected chi connectivity index (χ0v) is 18.4. The smallest absolute Gasteiger partial charge is 0.0273 e. The minimum atomic E-state index is 0.943. The van der Waals surface area contributed by atoms with Gasteiger partial charge in [-0.05, 0) is 89.0 Å². The van der Waals surface area contributed by atoms with Crippen molar-refractivity contribution < 1.29 is 0 Å². The summed E-state index contributed by atoms with van der Waals surface area (Å²) < 4.78 is 0. The lowest BCUT2D eigenvalue weighted by Gasteiger charge is -2.00. The van der Waals surface area contributed by atoms with Crippen molar-refractivity contribution in [3.05, 3.63) is 144 Å². The zero-order chi connectivity index (χ0) is 23.0. The first-order valence-corrected chi connectivity index (χ1v) is 11.0. The highest BCUT2D eigenvalue weighted by molar-refractivity contribution is 5.65. The molecule has 0 saturated heterocycles. The standard InChI is InChI=1S/C32H20N2/c1-2-27(6-4-25-8-12-29(13-9-25)31-16-20-33-21-17-31)24-28(3-1)7-5-26-10-14-30(15-11-26)32-18-22-34-23-19-32/h1-3,8-24H. The summed E-state index contributed by atoms with van der Waals surface area (Å²) >= 11 is 0. The van der Waals surface area contributed by atoms with Crippen LogP contribution in [0.5, 0.6) is 0 Å². The summed E-state index contributed by atoms with van der Waals surface area (Å²) in [5.41, 5.74) is 8.43. The Balaban J connectivity index is 1.29. The molecule has 0 N–H and O–H groups in total. The van der Waals surface area contributed by atoms with Gasteiger partial charge in [0.25, 0.3) is 0 Å². The van der Waals surface area contributed by atoms with Gasteiger partial charge in [0.2, 0.25) is 0 Å². The monoisotopic (exact) mass is 432 g/mol. The van der Waals surface area contributed by atoms with E-state index >= 15 is 0 Å². The quantitative estimate of drug-likeness (QED) is 0.293. The van der Waals surface area contributed by atoms with E-state index in [-0.39, 0.29) is 0 Å². The molecule has 0 aliphatic rings. The van der Waals surface area contributed by atoms with Crippen molar-refractivity contribution in [2.24, 2.45) is 0 Å². The summed E-state index contributed by atoms with van der Waals surface area (Å²) in [7, 11) is 0. The molecule has 0 fully saturated rings. The minimum absolute atomic E-state index is 0.943. The largest absolute Gasteiger partial charge is 0.265 e. The number of hydrogen-bond donors (Lipinski definition) is 0. The van der Waals surface area contributed by atoms with E-state index < -0.39 is 0 Å². The summed E-state index contributed by atoms with van der Waals surface area (Å²) in [5, 5.41) is 0. The normalized spacial score (nSPS) is 9.88. The van der Waals surface area contributed by atoms with Crippen LogP contribution < -0.4 is 0 Å². The molecule has 2 aromatic heterocycles. The van der Waals surface area contributed by atoms with E-state index in [4.69, 9.17) is 0 Å². The van der Waals surface area contributed by atoms with Crippen LogP contribution in [0.1, 0.15) is 22.3 Å². The molecule has 3 aromatic carbocycles. The van der Waals surface area contributed by atoms with Gasteiger partial charge in [-0.1, -0.05) is 54.0 Å². The second kappa shape index (κ2) is 10.1. The number of aromatic nitrogens is 2. The van der Waals surface area contributed by atoms with Gasteiger partial charge in [-0.25, -0.2) is 0 Å². The average molecular weight is 433 g/mol. The van der Waals surface area contributed by atoms with E-state index in [1.165, 1.54) is 0 Å². The Labute approximate surface area is 200 Å². The Hall–Kier alpha value is -4.92. The van der Waals surface area contributed by atoms with Gasteiger partial charge in [-0.15, -0.1) is 0 Å². The van der Waals surface area contributed by atoms with Gasteiger partial charge in [0.1, 0.15) is 0 Å². The van der Waals surface area contributed by atoms with Crippen LogP contribution in [0.2, 0.25) is 0 Å². The Morgan fingerprint density at radius 3 is 1.12 bits per heavy atom. The molecule has 2 heteroatoms. The van der Waals surface area contributed by atoms with Crippen LogP contribution in [0.15, 0.2) is 122 Å². The second-order valence-electron chi connectivity index (χ2n) is 7.71. The van der Waals surface area contributed by atoms with Crippen LogP contribution >= 0.6 is 0 Å². The van der Waals surface area contributed by atoms with Gasteiger partial charge in [0.15, 0.2) is 0 Å². The van der Waals surface area contributed by atoms with E-state index in [1.54, 1.807) is 24.8 Å². The molecule has 2 heterocycles. The van der Waals surface area contributed by atoms with E-state index in [2.05, 4.69) is 57.9 Å². The number of rotatable bonds is 2. The Morgan fingerprint density at radius 1 is 0.353 bits per heavy atom. The fourth-order valence-corrected chi connectivity index (χ4v) is 3.54. The summed E-state index contributed by atoms with van der Waals surface area (Å²) in [5.74, 6) is 13.0. The number of nitrogens with zero attached hydrogens (tertiary/aromatic N) is 2. The first kappa shape index (κ1) is 21.0. The lowest BCUT2D eigenvalue weighted by atomic mass is 10.0. The molecule has 0 saturated carbocycles. The van der Waals surface area contributed by atoms with Gasteiger partial charge in [0.05, 0.1) is 0 Å². The first-order chi connectivity index (χ1) is 16.8. The maximum atomic E-state index is 4.07. The van der Waals surface area contributed by atoms with E-state index in [9.17, 15) is 0 Å². The van der Waals surface area contributed by atoms with Gasteiger partial charge < -0.3 is 0 Å².